The molecular formula is C16H24N6O8. The van der Waals surface area contributed by atoms with Crippen LogP contribution in [0, 0.1) is 0 Å². The van der Waals surface area contributed by atoms with Crippen molar-refractivity contribution >= 4 is 12.0 Å². The number of hydrogen-bond donors (Lipinski definition) is 4. The van der Waals surface area contributed by atoms with Crippen molar-refractivity contribution < 1.29 is 34.3 Å². The number of carboxylic acid groups (broad SMARTS) is 1. The Morgan fingerprint density at radius 3 is 2.77 bits per heavy atom. The number of unbranched alkanes of at least 4 members (excludes halogenated alkanes) is 3. The Hall–Kier alpha value is -2.90. The van der Waals surface area contributed by atoms with Gasteiger partial charge in [-0.15, -0.1) is 0 Å². The number of hydrogen-bond acceptors (Lipinski definition) is 10. The smallest absolute Gasteiger partial charge is 0.450 e. The van der Waals surface area contributed by atoms with E-state index in [0.717, 1.165) is 25.5 Å². The topological polar surface area (TPSA) is 215 Å². The molecule has 1 aromatic heterocycles. The summed E-state index contributed by atoms with van der Waals surface area (Å²) in [5.74, 6) is -2.59. The van der Waals surface area contributed by atoms with Crippen molar-refractivity contribution in [3.63, 3.8) is 0 Å². The first-order valence-corrected chi connectivity index (χ1v) is 9.20. The third-order valence-electron chi connectivity index (χ3n) is 4.58. The molecule has 2 heterocycles. The molecule has 1 saturated heterocycles. The van der Waals surface area contributed by atoms with Crippen LogP contribution in [0.15, 0.2) is 22.2 Å². The van der Waals surface area contributed by atoms with E-state index in [9.17, 15) is 19.8 Å². The monoisotopic (exact) mass is 428 g/mol. The Kier molecular flexibility index (Phi) is 7.59. The lowest BCUT2D eigenvalue weighted by atomic mass is 10.0. The van der Waals surface area contributed by atoms with Crippen LogP contribution in [0.1, 0.15) is 32.6 Å². The third kappa shape index (κ3) is 4.63. The van der Waals surface area contributed by atoms with Crippen molar-refractivity contribution in [2.75, 3.05) is 18.9 Å². The zero-order valence-corrected chi connectivity index (χ0v) is 16.2. The maximum atomic E-state index is 12.4. The average molecular weight is 428 g/mol. The Morgan fingerprint density at radius 1 is 1.43 bits per heavy atom. The van der Waals surface area contributed by atoms with Gasteiger partial charge in [-0.2, -0.15) is 4.98 Å². The number of anilines is 1. The van der Waals surface area contributed by atoms with Gasteiger partial charge in [-0.1, -0.05) is 26.2 Å². The number of aliphatic hydroxyl groups is 2. The number of nitrogens with two attached hydrogens (primary N) is 1. The van der Waals surface area contributed by atoms with Crippen LogP contribution in [-0.4, -0.2) is 62.4 Å². The standard InChI is InChI=1S/C16H24N6O8/c1-2-3-4-5-8-29-16(20-21-18)12(24)11(23)15(30-16,9-28-14(26)27)22-7-6-10(17)19-13(22)25/h6-7,11-12,23-24H,2-5,8-9H2,1H3,(H,26,27)(H2,17,19,25)/t11-,12+,15+,16-/m1/s1. The molecule has 0 unspecified atom stereocenters. The molecule has 0 spiro atoms. The van der Waals surface area contributed by atoms with Gasteiger partial charge in [0, 0.05) is 11.1 Å². The quantitative estimate of drug-likeness (QED) is 0.133. The van der Waals surface area contributed by atoms with Gasteiger partial charge in [0.05, 0.1) is 6.61 Å². The van der Waals surface area contributed by atoms with Crippen molar-refractivity contribution in [3.8, 4) is 0 Å². The zero-order chi connectivity index (χ0) is 22.4. The Bertz CT molecular complexity index is 858. The molecule has 1 fully saturated rings. The van der Waals surface area contributed by atoms with Gasteiger partial charge in [-0.25, -0.2) is 9.59 Å². The number of aromatic nitrogens is 2. The van der Waals surface area contributed by atoms with E-state index in [0.29, 0.717) is 11.0 Å². The normalized spacial score (nSPS) is 28.1. The van der Waals surface area contributed by atoms with E-state index in [1.807, 2.05) is 6.92 Å². The number of nitrogens with zero attached hydrogens (tertiary/aromatic N) is 5. The molecule has 4 atom stereocenters. The summed E-state index contributed by atoms with van der Waals surface area (Å²) in [6.45, 7) is 1.05. The second kappa shape index (κ2) is 9.73. The molecule has 14 heteroatoms. The van der Waals surface area contributed by atoms with Gasteiger partial charge >= 0.3 is 11.8 Å². The number of azide groups is 1. The fraction of sp³-hybridized carbons (Fsp3) is 0.688. The molecule has 1 aliphatic heterocycles. The highest BCUT2D eigenvalue weighted by molar-refractivity contribution is 5.56. The van der Waals surface area contributed by atoms with E-state index in [4.69, 9.17) is 25.8 Å². The second-order valence-electron chi connectivity index (χ2n) is 6.63. The summed E-state index contributed by atoms with van der Waals surface area (Å²) in [6, 6.07) is 1.19. The lowest BCUT2D eigenvalue weighted by Crippen LogP contribution is -2.54. The van der Waals surface area contributed by atoms with Gasteiger partial charge in [-0.3, -0.25) is 4.57 Å². The second-order valence-corrected chi connectivity index (χ2v) is 6.63. The maximum Gasteiger partial charge on any atom is 0.505 e. The van der Waals surface area contributed by atoms with Crippen molar-refractivity contribution in [3.05, 3.63) is 33.2 Å². The summed E-state index contributed by atoms with van der Waals surface area (Å²) in [4.78, 5) is 29.4. The van der Waals surface area contributed by atoms with E-state index >= 15 is 0 Å². The van der Waals surface area contributed by atoms with Gasteiger partial charge in [0.15, 0.2) is 0 Å². The predicted octanol–water partition coefficient (Wildman–Crippen LogP) is 0.486. The van der Waals surface area contributed by atoms with Crippen LogP contribution >= 0.6 is 0 Å². The number of carbonyl (C=O) groups is 1. The minimum absolute atomic E-state index is 0.00639. The average Bonchev–Trinajstić information content (AvgIpc) is 2.89. The summed E-state index contributed by atoms with van der Waals surface area (Å²) < 4.78 is 16.3. The van der Waals surface area contributed by atoms with Gasteiger partial charge in [0.1, 0.15) is 24.6 Å². The fourth-order valence-corrected chi connectivity index (χ4v) is 3.10. The van der Waals surface area contributed by atoms with E-state index in [1.54, 1.807) is 0 Å². The summed E-state index contributed by atoms with van der Waals surface area (Å²) in [5, 5.41) is 33.6. The summed E-state index contributed by atoms with van der Waals surface area (Å²) in [5.41, 5.74) is 11.1. The first-order chi connectivity index (χ1) is 14.2. The molecule has 14 nitrogen and oxygen atoms in total. The van der Waals surface area contributed by atoms with Crippen LogP contribution in [0.25, 0.3) is 10.4 Å². The third-order valence-corrected chi connectivity index (χ3v) is 4.58. The number of ether oxygens (including phenoxy) is 3. The van der Waals surface area contributed by atoms with Crippen LogP contribution < -0.4 is 11.4 Å². The van der Waals surface area contributed by atoms with E-state index < -0.39 is 42.3 Å². The van der Waals surface area contributed by atoms with Crippen molar-refractivity contribution in [2.24, 2.45) is 5.11 Å². The van der Waals surface area contributed by atoms with E-state index in [-0.39, 0.29) is 12.4 Å². The number of nitrogen functional groups attached to an aromatic ring is 1. The predicted molar refractivity (Wildman–Crippen MR) is 99.9 cm³/mol. The largest absolute Gasteiger partial charge is 0.505 e. The maximum absolute atomic E-state index is 12.4. The molecule has 166 valence electrons. The SMILES string of the molecule is CCCCCCO[C@@]1(N=[N+]=[N-])O[C@](COC(=O)O)(n2ccc(N)nc2=O)[C@H](O)[C@@H]1O. The summed E-state index contributed by atoms with van der Waals surface area (Å²) in [7, 11) is 0. The minimum Gasteiger partial charge on any atom is -0.450 e. The summed E-state index contributed by atoms with van der Waals surface area (Å²) in [6.07, 6.45) is -1.45. The molecule has 0 saturated carbocycles. The molecular weight excluding hydrogens is 404 g/mol. The van der Waals surface area contributed by atoms with Gasteiger partial charge in [-0.05, 0) is 23.1 Å². The number of aliphatic hydroxyl groups excluding tert-OH is 2. The Morgan fingerprint density at radius 2 is 2.17 bits per heavy atom. The zero-order valence-electron chi connectivity index (χ0n) is 16.2. The van der Waals surface area contributed by atoms with Crippen molar-refractivity contribution in [1.29, 1.82) is 0 Å². The molecule has 0 radical (unpaired) electrons. The van der Waals surface area contributed by atoms with Crippen LogP contribution in [0.2, 0.25) is 0 Å². The van der Waals surface area contributed by atoms with Crippen LogP contribution in [0.3, 0.4) is 0 Å². The van der Waals surface area contributed by atoms with Crippen LogP contribution in [0.4, 0.5) is 10.6 Å². The lowest BCUT2D eigenvalue weighted by Gasteiger charge is -2.33. The molecule has 2 rings (SSSR count). The fourth-order valence-electron chi connectivity index (χ4n) is 3.10. The Labute approximate surface area is 170 Å². The molecule has 0 amide bonds. The molecule has 5 N–H and O–H groups in total. The van der Waals surface area contributed by atoms with Crippen molar-refractivity contribution in [1.82, 2.24) is 9.55 Å². The van der Waals surface area contributed by atoms with Crippen LogP contribution in [-0.2, 0) is 19.9 Å². The molecule has 1 aromatic rings. The van der Waals surface area contributed by atoms with Crippen molar-refractivity contribution in [2.45, 2.75) is 56.5 Å². The van der Waals surface area contributed by atoms with Crippen LogP contribution in [0.5, 0.6) is 0 Å². The highest BCUT2D eigenvalue weighted by Crippen LogP contribution is 2.43. The molecule has 1 aliphatic rings. The number of rotatable bonds is 10. The minimum atomic E-state index is -2.44. The molecule has 30 heavy (non-hydrogen) atoms. The highest BCUT2D eigenvalue weighted by Gasteiger charge is 2.65. The highest BCUT2D eigenvalue weighted by atomic mass is 16.8. The van der Waals surface area contributed by atoms with Gasteiger partial charge in [0.25, 0.3) is 5.91 Å². The van der Waals surface area contributed by atoms with Gasteiger partial charge < -0.3 is 35.3 Å². The molecule has 0 bridgehead atoms. The van der Waals surface area contributed by atoms with Gasteiger partial charge in [0.2, 0.25) is 5.72 Å². The van der Waals surface area contributed by atoms with E-state index in [1.165, 1.54) is 6.07 Å². The summed E-state index contributed by atoms with van der Waals surface area (Å²) >= 11 is 0. The molecule has 0 aliphatic carbocycles. The molecule has 0 aromatic carbocycles. The first-order valence-electron chi connectivity index (χ1n) is 9.20. The first kappa shape index (κ1) is 23.4. The lowest BCUT2D eigenvalue weighted by molar-refractivity contribution is -0.297. The van der Waals surface area contributed by atoms with E-state index in [2.05, 4.69) is 19.7 Å². The Balaban J connectivity index is 2.47.